The summed E-state index contributed by atoms with van der Waals surface area (Å²) in [7, 11) is 4.32. The summed E-state index contributed by atoms with van der Waals surface area (Å²) in [6.45, 7) is 0. The highest BCUT2D eigenvalue weighted by Gasteiger charge is 2.34. The van der Waals surface area contributed by atoms with E-state index in [1.54, 1.807) is 0 Å². The molecule has 0 N–H and O–H groups in total. The first kappa shape index (κ1) is 15.6. The van der Waals surface area contributed by atoms with E-state index in [2.05, 4.69) is 71.8 Å². The first-order valence-electron chi connectivity index (χ1n) is 9.57. The molecule has 4 nitrogen and oxygen atoms in total. The number of nitrogens with zero attached hydrogens (tertiary/aromatic N) is 4. The largest absolute Gasteiger partial charge is 0.331 e. The van der Waals surface area contributed by atoms with Crippen molar-refractivity contribution >= 4 is 22.1 Å². The lowest BCUT2D eigenvalue weighted by Gasteiger charge is -2.30. The van der Waals surface area contributed by atoms with Gasteiger partial charge in [0.25, 0.3) is 0 Å². The Bertz CT molecular complexity index is 1000. The van der Waals surface area contributed by atoms with Crippen LogP contribution in [0, 0.1) is 0 Å². The molecule has 0 amide bonds. The maximum absolute atomic E-state index is 5.02. The van der Waals surface area contributed by atoms with Gasteiger partial charge in [-0.25, -0.2) is 9.97 Å². The van der Waals surface area contributed by atoms with Crippen LogP contribution in [0.15, 0.2) is 48.5 Å². The lowest BCUT2D eigenvalue weighted by atomic mass is 9.78. The van der Waals surface area contributed by atoms with Crippen LogP contribution in [-0.2, 0) is 14.1 Å². The van der Waals surface area contributed by atoms with Gasteiger partial charge in [-0.3, -0.25) is 0 Å². The lowest BCUT2D eigenvalue weighted by Crippen LogP contribution is -2.22. The third-order valence-corrected chi connectivity index (χ3v) is 6.07. The number of rotatable bonds is 2. The summed E-state index contributed by atoms with van der Waals surface area (Å²) in [5, 5.41) is 0. The van der Waals surface area contributed by atoms with Gasteiger partial charge in [0, 0.05) is 25.9 Å². The summed E-state index contributed by atoms with van der Waals surface area (Å²) >= 11 is 0. The minimum absolute atomic E-state index is 0.427. The van der Waals surface area contributed by atoms with Crippen LogP contribution >= 0.6 is 0 Å². The molecule has 0 spiro atoms. The average Bonchev–Trinajstić information content (AvgIpc) is 3.20. The van der Waals surface area contributed by atoms with Gasteiger partial charge in [0.15, 0.2) is 0 Å². The third kappa shape index (κ3) is 2.28. The van der Waals surface area contributed by atoms with Crippen LogP contribution < -0.4 is 0 Å². The van der Waals surface area contributed by atoms with Gasteiger partial charge in [-0.15, -0.1) is 0 Å². The topological polar surface area (TPSA) is 35.6 Å². The van der Waals surface area contributed by atoms with Crippen LogP contribution in [0.1, 0.15) is 49.2 Å². The van der Waals surface area contributed by atoms with Crippen molar-refractivity contribution < 1.29 is 0 Å². The molecule has 1 saturated carbocycles. The minimum atomic E-state index is 0.427. The van der Waals surface area contributed by atoms with Crippen molar-refractivity contribution in [3.63, 3.8) is 0 Å². The zero-order valence-corrected chi connectivity index (χ0v) is 15.4. The molecule has 4 aromatic rings. The second-order valence-electron chi connectivity index (χ2n) is 7.53. The Morgan fingerprint density at radius 3 is 1.54 bits per heavy atom. The summed E-state index contributed by atoms with van der Waals surface area (Å²) in [5.41, 5.74) is 4.63. The summed E-state index contributed by atoms with van der Waals surface area (Å²) in [4.78, 5) is 10.0. The Morgan fingerprint density at radius 2 is 1.12 bits per heavy atom. The van der Waals surface area contributed by atoms with Crippen molar-refractivity contribution in [3.05, 3.63) is 60.2 Å². The van der Waals surface area contributed by atoms with Gasteiger partial charge in [-0.05, 0) is 37.1 Å². The van der Waals surface area contributed by atoms with Crippen molar-refractivity contribution in [2.45, 2.75) is 37.5 Å². The molecule has 0 aliphatic heterocycles. The monoisotopic (exact) mass is 344 g/mol. The van der Waals surface area contributed by atoms with Gasteiger partial charge < -0.3 is 9.13 Å². The first-order valence-corrected chi connectivity index (χ1v) is 9.57. The van der Waals surface area contributed by atoms with E-state index >= 15 is 0 Å². The van der Waals surface area contributed by atoms with Crippen LogP contribution in [0.5, 0.6) is 0 Å². The molecule has 132 valence electrons. The fourth-order valence-electron chi connectivity index (χ4n) is 4.74. The molecule has 1 aliphatic rings. The molecule has 2 atom stereocenters. The zero-order valence-electron chi connectivity index (χ0n) is 15.4. The fraction of sp³-hybridized carbons (Fsp3) is 0.364. The highest BCUT2D eigenvalue weighted by atomic mass is 15.1. The molecule has 4 heteroatoms. The molecule has 2 aromatic heterocycles. The number of para-hydroxylation sites is 4. The van der Waals surface area contributed by atoms with Gasteiger partial charge in [-0.2, -0.15) is 0 Å². The Labute approximate surface area is 153 Å². The van der Waals surface area contributed by atoms with Crippen molar-refractivity contribution in [3.8, 4) is 0 Å². The number of hydrogen-bond acceptors (Lipinski definition) is 2. The Kier molecular flexibility index (Phi) is 3.59. The number of hydrogen-bond donors (Lipinski definition) is 0. The highest BCUT2D eigenvalue weighted by molar-refractivity contribution is 5.77. The van der Waals surface area contributed by atoms with Crippen molar-refractivity contribution in [2.24, 2.45) is 14.1 Å². The highest BCUT2D eigenvalue weighted by Crippen LogP contribution is 2.44. The SMILES string of the molecule is Cn1c([C@@H]2CCCC[C@H]2c2nc3ccccc3n2C)nc2ccccc21. The van der Waals surface area contributed by atoms with Gasteiger partial charge in [-0.1, -0.05) is 37.1 Å². The predicted molar refractivity (Wildman–Crippen MR) is 105 cm³/mol. The Balaban J connectivity index is 1.64. The van der Waals surface area contributed by atoms with E-state index in [9.17, 15) is 0 Å². The molecule has 0 radical (unpaired) electrons. The zero-order chi connectivity index (χ0) is 17.7. The molecule has 2 heterocycles. The van der Waals surface area contributed by atoms with Crippen LogP contribution in [-0.4, -0.2) is 19.1 Å². The van der Waals surface area contributed by atoms with Crippen LogP contribution in [0.4, 0.5) is 0 Å². The molecule has 26 heavy (non-hydrogen) atoms. The normalized spacial score (nSPS) is 20.8. The molecule has 0 bridgehead atoms. The Morgan fingerprint density at radius 1 is 0.692 bits per heavy atom. The molecule has 2 aromatic carbocycles. The Hall–Kier alpha value is -2.62. The van der Waals surface area contributed by atoms with Gasteiger partial charge in [0.1, 0.15) is 11.6 Å². The predicted octanol–water partition coefficient (Wildman–Crippen LogP) is 4.90. The van der Waals surface area contributed by atoms with Crippen molar-refractivity contribution in [2.75, 3.05) is 0 Å². The molecule has 5 rings (SSSR count). The van der Waals surface area contributed by atoms with E-state index in [0.717, 1.165) is 11.0 Å². The second-order valence-corrected chi connectivity index (χ2v) is 7.53. The second kappa shape index (κ2) is 5.97. The number of aromatic nitrogens is 4. The number of imidazole rings is 2. The summed E-state index contributed by atoms with van der Waals surface area (Å²) < 4.78 is 4.59. The molecule has 1 aliphatic carbocycles. The van der Waals surface area contributed by atoms with Gasteiger partial charge >= 0.3 is 0 Å². The fourth-order valence-corrected chi connectivity index (χ4v) is 4.74. The van der Waals surface area contributed by atoms with Gasteiger partial charge in [0.05, 0.1) is 22.1 Å². The van der Waals surface area contributed by atoms with Gasteiger partial charge in [0.2, 0.25) is 0 Å². The van der Waals surface area contributed by atoms with E-state index in [0.29, 0.717) is 11.8 Å². The number of fused-ring (bicyclic) bond motifs is 2. The quantitative estimate of drug-likeness (QED) is 0.518. The minimum Gasteiger partial charge on any atom is -0.331 e. The molecule has 1 fully saturated rings. The standard InChI is InChI=1S/C22H24N4/c1-25-19-13-7-5-11-17(19)23-21(25)15-9-3-4-10-16(15)22-24-18-12-6-8-14-20(18)26(22)2/h5-8,11-16H,3-4,9-10H2,1-2H3/t15-,16-/m1/s1. The van der Waals surface area contributed by atoms with Crippen LogP contribution in [0.3, 0.4) is 0 Å². The maximum Gasteiger partial charge on any atom is 0.113 e. The van der Waals surface area contributed by atoms with Crippen LogP contribution in [0.25, 0.3) is 22.1 Å². The van der Waals surface area contributed by atoms with E-state index in [1.165, 1.54) is 48.4 Å². The molecular formula is C22H24N4. The van der Waals surface area contributed by atoms with E-state index in [-0.39, 0.29) is 0 Å². The van der Waals surface area contributed by atoms with Crippen LogP contribution in [0.2, 0.25) is 0 Å². The number of aryl methyl sites for hydroxylation is 2. The first-order chi connectivity index (χ1) is 12.7. The maximum atomic E-state index is 5.02. The van der Waals surface area contributed by atoms with E-state index in [1.807, 2.05) is 0 Å². The summed E-state index contributed by atoms with van der Waals surface area (Å²) in [6.07, 6.45) is 4.92. The molecule has 0 saturated heterocycles. The van der Waals surface area contributed by atoms with E-state index < -0.39 is 0 Å². The molecular weight excluding hydrogens is 320 g/mol. The summed E-state index contributed by atoms with van der Waals surface area (Å²) in [5.74, 6) is 3.28. The van der Waals surface area contributed by atoms with Crippen molar-refractivity contribution in [1.82, 2.24) is 19.1 Å². The smallest absolute Gasteiger partial charge is 0.113 e. The van der Waals surface area contributed by atoms with E-state index in [4.69, 9.17) is 9.97 Å². The molecule has 0 unspecified atom stereocenters. The number of benzene rings is 2. The lowest BCUT2D eigenvalue weighted by molar-refractivity contribution is 0.353. The van der Waals surface area contributed by atoms with Crippen molar-refractivity contribution in [1.29, 1.82) is 0 Å². The summed E-state index contributed by atoms with van der Waals surface area (Å²) in [6, 6.07) is 16.9. The third-order valence-electron chi connectivity index (χ3n) is 6.07. The average molecular weight is 344 g/mol.